The minimum absolute atomic E-state index is 0. The van der Waals surface area contributed by atoms with Crippen LogP contribution in [0.3, 0.4) is 0 Å². The van der Waals surface area contributed by atoms with Crippen LogP contribution in [0.4, 0.5) is 0 Å². The van der Waals surface area contributed by atoms with Gasteiger partial charge >= 0.3 is 27.2 Å². The molecule has 0 aromatic carbocycles. The van der Waals surface area contributed by atoms with E-state index >= 15 is 0 Å². The van der Waals surface area contributed by atoms with Crippen LogP contribution in [0.2, 0.25) is 0 Å². The van der Waals surface area contributed by atoms with Gasteiger partial charge in [0.05, 0.1) is 0 Å². The van der Waals surface area contributed by atoms with E-state index in [1.165, 1.54) is 0 Å². The molecular weight excluding hydrogens is 311 g/mol. The molecule has 0 saturated carbocycles. The number of nitrogens with one attached hydrogen (secondary N) is 6. The molecule has 18 heavy (non-hydrogen) atoms. The molecule has 0 spiro atoms. The third-order valence-electron chi connectivity index (χ3n) is 0.375. The van der Waals surface area contributed by atoms with Gasteiger partial charge in [-0.1, -0.05) is 0 Å². The van der Waals surface area contributed by atoms with Gasteiger partial charge in [-0.3, -0.25) is 9.11 Å². The first-order valence-corrected chi connectivity index (χ1v) is 5.72. The molecule has 0 atom stereocenters. The Hall–Kier alpha value is 0.136. The molecule has 1 radical (unpaired) electrons. The molecule has 10 nitrogen and oxygen atoms in total. The van der Waals surface area contributed by atoms with Crippen molar-refractivity contribution >= 4 is 10.4 Å². The van der Waals surface area contributed by atoms with Crippen LogP contribution in [-0.4, -0.2) is 56.8 Å². The maximum absolute atomic E-state index is 8.74. The summed E-state index contributed by atoms with van der Waals surface area (Å²) in [5.41, 5.74) is 37.6. The van der Waals surface area contributed by atoms with Gasteiger partial charge < -0.3 is 34.4 Å². The van der Waals surface area contributed by atoms with Crippen molar-refractivity contribution in [3.63, 3.8) is 0 Å². The topological polar surface area (TPSA) is 217 Å². The summed E-state index contributed by atoms with van der Waals surface area (Å²) in [4.78, 5) is 0. The Morgan fingerprint density at radius 3 is 0.667 bits per heavy atom. The molecule has 0 bridgehead atoms. The van der Waals surface area contributed by atoms with Gasteiger partial charge in [-0.15, -0.1) is 0 Å². The number of rotatable bonds is 3. The van der Waals surface area contributed by atoms with E-state index in [0.29, 0.717) is 0 Å². The fourth-order valence-electron chi connectivity index (χ4n) is 0. The van der Waals surface area contributed by atoms with Crippen LogP contribution < -0.4 is 0 Å². The average molecular weight is 331 g/mol. The summed E-state index contributed by atoms with van der Waals surface area (Å²) in [6.45, 7) is 1.42. The SMILES string of the molecule is O=S(=O)(O)O.[Co+2].[NH-]CC[NH-].[NH-]CC[NH-].[NH-]CC[NH-]. The Labute approximate surface area is 119 Å². The standard InChI is InChI=1S/3C2H6N2.Co.H2O4S/c3*3-1-2-4;;1-5(2,3)4/h3*3-4H,1-2H2;;(H2,1,2,3,4)/q3*-2;+2;. The monoisotopic (exact) mass is 331 g/mol. The van der Waals surface area contributed by atoms with E-state index in [4.69, 9.17) is 51.9 Å². The van der Waals surface area contributed by atoms with Crippen LogP contribution in [0.15, 0.2) is 0 Å². The molecule has 0 amide bonds. The fraction of sp³-hybridized carbons (Fsp3) is 1.00. The van der Waals surface area contributed by atoms with E-state index in [2.05, 4.69) is 0 Å². The molecule has 0 unspecified atom stereocenters. The Morgan fingerprint density at radius 2 is 0.667 bits per heavy atom. The maximum Gasteiger partial charge on any atom is 2.00 e. The van der Waals surface area contributed by atoms with E-state index in [-0.39, 0.29) is 56.0 Å². The van der Waals surface area contributed by atoms with Gasteiger partial charge in [0.25, 0.3) is 0 Å². The first kappa shape index (κ1) is 30.9. The molecule has 0 fully saturated rings. The van der Waals surface area contributed by atoms with Crippen molar-refractivity contribution in [3.8, 4) is 0 Å². The van der Waals surface area contributed by atoms with E-state index in [1.807, 2.05) is 0 Å². The summed E-state index contributed by atoms with van der Waals surface area (Å²) in [6, 6.07) is 0. The zero-order valence-corrected chi connectivity index (χ0v) is 11.6. The van der Waals surface area contributed by atoms with Crippen molar-refractivity contribution in [2.45, 2.75) is 0 Å². The summed E-state index contributed by atoms with van der Waals surface area (Å²) in [5.74, 6) is 0. The predicted molar refractivity (Wildman–Crippen MR) is 69.3 cm³/mol. The molecule has 0 aromatic heterocycles. The summed E-state index contributed by atoms with van der Waals surface area (Å²) in [7, 11) is -4.67. The van der Waals surface area contributed by atoms with E-state index in [1.54, 1.807) is 0 Å². The first-order valence-electron chi connectivity index (χ1n) is 4.32. The van der Waals surface area contributed by atoms with E-state index in [9.17, 15) is 0 Å². The quantitative estimate of drug-likeness (QED) is 0.744. The van der Waals surface area contributed by atoms with Crippen molar-refractivity contribution < 1.29 is 34.3 Å². The molecule has 0 saturated heterocycles. The maximum atomic E-state index is 8.74. The summed E-state index contributed by atoms with van der Waals surface area (Å²) in [5, 5.41) is 0. The van der Waals surface area contributed by atoms with Crippen LogP contribution in [0.5, 0.6) is 0 Å². The molecule has 117 valence electrons. The van der Waals surface area contributed by atoms with Gasteiger partial charge in [0, 0.05) is 0 Å². The number of hydrogen-bond acceptors (Lipinski definition) is 2. The van der Waals surface area contributed by atoms with Crippen molar-refractivity contribution in [2.24, 2.45) is 0 Å². The van der Waals surface area contributed by atoms with Crippen molar-refractivity contribution in [2.75, 3.05) is 39.3 Å². The van der Waals surface area contributed by atoms with Gasteiger partial charge in [0.2, 0.25) is 0 Å². The first-order chi connectivity index (χ1) is 7.74. The van der Waals surface area contributed by atoms with Crippen molar-refractivity contribution in [3.05, 3.63) is 34.4 Å². The fourth-order valence-corrected chi connectivity index (χ4v) is 0. The van der Waals surface area contributed by atoms with Crippen LogP contribution in [-0.2, 0) is 27.2 Å². The Balaban J connectivity index is -0.0000000412. The second kappa shape index (κ2) is 30.3. The second-order valence-corrected chi connectivity index (χ2v) is 2.84. The van der Waals surface area contributed by atoms with Crippen molar-refractivity contribution in [1.82, 2.24) is 0 Å². The Kier molecular flexibility index (Phi) is 51.9. The van der Waals surface area contributed by atoms with Gasteiger partial charge in [-0.2, -0.15) is 47.7 Å². The van der Waals surface area contributed by atoms with Gasteiger partial charge in [0.1, 0.15) is 0 Å². The van der Waals surface area contributed by atoms with Crippen LogP contribution >= 0.6 is 0 Å². The minimum atomic E-state index is -4.67. The third kappa shape index (κ3) is 376. The second-order valence-electron chi connectivity index (χ2n) is 1.95. The molecule has 0 aromatic rings. The zero-order chi connectivity index (χ0) is 14.7. The molecule has 8 N–H and O–H groups in total. The predicted octanol–water partition coefficient (Wildman–Crippen LogP) is 2.62. The molecule has 0 rings (SSSR count). The van der Waals surface area contributed by atoms with Crippen LogP contribution in [0.25, 0.3) is 34.4 Å². The van der Waals surface area contributed by atoms with Gasteiger partial charge in [-0.05, 0) is 0 Å². The van der Waals surface area contributed by atoms with E-state index < -0.39 is 10.4 Å². The number of hydrogen-bond donors (Lipinski definition) is 2. The normalized spacial score (nSPS) is 8.22. The molecular formula is C6H20CoN6O4S-4. The van der Waals surface area contributed by atoms with Gasteiger partial charge in [-0.25, -0.2) is 0 Å². The minimum Gasteiger partial charge on any atom is -0.679 e. The Bertz CT molecular complexity index is 171. The molecule has 0 aliphatic carbocycles. The third-order valence-corrected chi connectivity index (χ3v) is 0.375. The van der Waals surface area contributed by atoms with Gasteiger partial charge in [0.15, 0.2) is 0 Å². The smallest absolute Gasteiger partial charge is 0.679 e. The molecule has 0 aliphatic heterocycles. The molecule has 12 heteroatoms. The van der Waals surface area contributed by atoms with Crippen LogP contribution in [0, 0.1) is 0 Å². The molecule has 0 heterocycles. The summed E-state index contributed by atoms with van der Waals surface area (Å²) in [6.07, 6.45) is 0. The summed E-state index contributed by atoms with van der Waals surface area (Å²) >= 11 is 0. The summed E-state index contributed by atoms with van der Waals surface area (Å²) < 4.78 is 31.6. The average Bonchev–Trinajstić information content (AvgIpc) is 2.27. The molecule has 0 aliphatic rings. The zero-order valence-electron chi connectivity index (χ0n) is 9.70. The largest absolute Gasteiger partial charge is 2.00 e. The Morgan fingerprint density at radius 1 is 0.611 bits per heavy atom. The van der Waals surface area contributed by atoms with Crippen molar-refractivity contribution in [1.29, 1.82) is 0 Å². The van der Waals surface area contributed by atoms with Crippen LogP contribution in [0.1, 0.15) is 0 Å². The van der Waals surface area contributed by atoms with E-state index in [0.717, 1.165) is 0 Å².